The van der Waals surface area contributed by atoms with Gasteiger partial charge in [0.1, 0.15) is 36.6 Å². The molecule has 0 amide bonds. The summed E-state index contributed by atoms with van der Waals surface area (Å²) in [5, 5.41) is 11.4. The van der Waals surface area contributed by atoms with Gasteiger partial charge in [0.25, 0.3) is 0 Å². The summed E-state index contributed by atoms with van der Waals surface area (Å²) in [6.07, 6.45) is -6.11. The lowest BCUT2D eigenvalue weighted by molar-refractivity contribution is -0.227. The molecule has 2 saturated carbocycles. The fourth-order valence-electron chi connectivity index (χ4n) is 7.50. The van der Waals surface area contributed by atoms with Gasteiger partial charge in [-0.25, -0.2) is 0 Å². The van der Waals surface area contributed by atoms with Crippen molar-refractivity contribution in [1.29, 1.82) is 0 Å². The van der Waals surface area contributed by atoms with Gasteiger partial charge in [-0.1, -0.05) is 27.4 Å². The highest BCUT2D eigenvalue weighted by atomic mass is 35.5. The molecule has 5 rings (SSSR count). The van der Waals surface area contributed by atoms with E-state index in [1.165, 1.54) is 20.8 Å². The summed E-state index contributed by atoms with van der Waals surface area (Å²) in [6, 6.07) is 0. The highest BCUT2D eigenvalue weighted by molar-refractivity contribution is 6.23. The molecule has 2 aliphatic carbocycles. The highest BCUT2D eigenvalue weighted by Gasteiger charge is 2.78. The zero-order valence-corrected chi connectivity index (χ0v) is 24.2. The van der Waals surface area contributed by atoms with Gasteiger partial charge in [0.05, 0.1) is 17.4 Å². The minimum atomic E-state index is -2.12. The van der Waals surface area contributed by atoms with Crippen LogP contribution >= 0.6 is 11.6 Å². The van der Waals surface area contributed by atoms with E-state index in [9.17, 15) is 24.3 Å². The van der Waals surface area contributed by atoms with Gasteiger partial charge in [-0.2, -0.15) is 0 Å². The van der Waals surface area contributed by atoms with Crippen molar-refractivity contribution in [2.45, 2.75) is 114 Å². The van der Waals surface area contributed by atoms with E-state index in [1.807, 2.05) is 13.8 Å². The lowest BCUT2D eigenvalue weighted by Gasteiger charge is -2.54. The monoisotopic (exact) mass is 584 g/mol. The van der Waals surface area contributed by atoms with Crippen molar-refractivity contribution in [2.75, 3.05) is 0 Å². The Morgan fingerprint density at radius 1 is 1.02 bits per heavy atom. The Hall–Kier alpha value is -2.21. The van der Waals surface area contributed by atoms with Gasteiger partial charge in [0.15, 0.2) is 11.7 Å². The first-order valence-corrected chi connectivity index (χ1v) is 14.2. The molecule has 3 heterocycles. The quantitative estimate of drug-likeness (QED) is 0.166. The van der Waals surface area contributed by atoms with Crippen molar-refractivity contribution in [3.63, 3.8) is 0 Å². The molecule has 11 nitrogen and oxygen atoms in total. The summed E-state index contributed by atoms with van der Waals surface area (Å²) in [7, 11) is 0. The van der Waals surface area contributed by atoms with Gasteiger partial charge >= 0.3 is 23.9 Å². The van der Waals surface area contributed by atoms with Crippen molar-refractivity contribution >= 4 is 35.5 Å². The standard InChI is InChI=1S/C28H37ClO11/c1-8-9-15(32)37-18-10(2)16-22(35-13(5)30)28(34)12(4)26(33)40-23(28)17(29)11(3)19-20(38-19)24(36-14(6)31)27(16,7)25-21(18)39-25/h10,12,16-25,34H,3,8-9H2,1-2,4-7H3/t10-,12+,16-,17+,18-,19-,20-,21+,22+,23+,24+,25+,27+,28-/m1/s1. The third-order valence-electron chi connectivity index (χ3n) is 9.52. The van der Waals surface area contributed by atoms with E-state index in [0.717, 1.165) is 0 Å². The van der Waals surface area contributed by atoms with Crippen LogP contribution < -0.4 is 0 Å². The lowest BCUT2D eigenvalue weighted by atomic mass is 9.53. The van der Waals surface area contributed by atoms with Gasteiger partial charge in [-0.3, -0.25) is 19.2 Å². The number of rotatable bonds is 5. The third-order valence-corrected chi connectivity index (χ3v) is 10.0. The normalized spacial score (nSPS) is 48.8. The fourth-order valence-corrected chi connectivity index (χ4v) is 7.88. The van der Waals surface area contributed by atoms with Crippen molar-refractivity contribution in [2.24, 2.45) is 23.2 Å². The number of epoxide rings is 2. The minimum Gasteiger partial charge on any atom is -0.459 e. The second kappa shape index (κ2) is 9.96. The SMILES string of the molecule is C=C1[C@H]2O[C@H]2[C@H](OC(C)=O)[C@]2(C)[C@H]([C@@H](C)[C@@H](OC(=O)CCC)[C@@H]3O[C@@H]32)[C@H](OC(C)=O)[C@]2(O)[C@@H](C)C(=O)O[C@H]2[C@H]1Cl. The lowest BCUT2D eigenvalue weighted by Crippen LogP contribution is -2.69. The molecule has 0 spiro atoms. The Bertz CT molecular complexity index is 1130. The van der Waals surface area contributed by atoms with Crippen molar-refractivity contribution in [3.05, 3.63) is 12.2 Å². The van der Waals surface area contributed by atoms with Crippen LogP contribution in [0.1, 0.15) is 54.4 Å². The molecule has 0 bridgehead atoms. The number of carbonyl (C=O) groups excluding carboxylic acids is 4. The molecule has 40 heavy (non-hydrogen) atoms. The molecule has 3 saturated heterocycles. The molecule has 5 aliphatic rings. The molecular formula is C28H37ClO11. The van der Waals surface area contributed by atoms with Crippen molar-refractivity contribution in [1.82, 2.24) is 0 Å². The molecule has 0 aromatic carbocycles. The number of ether oxygens (including phenoxy) is 6. The van der Waals surface area contributed by atoms with E-state index in [1.54, 1.807) is 6.92 Å². The van der Waals surface area contributed by atoms with Crippen LogP contribution in [0.2, 0.25) is 0 Å². The summed E-state index contributed by atoms with van der Waals surface area (Å²) >= 11 is 6.82. The topological polar surface area (TPSA) is 150 Å². The fraction of sp³-hybridized carbons (Fsp3) is 0.786. The molecule has 5 fully saturated rings. The van der Waals surface area contributed by atoms with E-state index in [0.29, 0.717) is 12.0 Å². The Balaban J connectivity index is 1.72. The van der Waals surface area contributed by atoms with Crippen LogP contribution in [-0.2, 0) is 47.6 Å². The Morgan fingerprint density at radius 3 is 2.25 bits per heavy atom. The number of fused-ring (bicyclic) bond motifs is 5. The smallest absolute Gasteiger partial charge is 0.312 e. The summed E-state index contributed by atoms with van der Waals surface area (Å²) < 4.78 is 35.6. The number of hydrogen-bond acceptors (Lipinski definition) is 11. The molecule has 0 aromatic heterocycles. The molecule has 222 valence electrons. The second-order valence-corrected chi connectivity index (χ2v) is 12.5. The van der Waals surface area contributed by atoms with E-state index in [2.05, 4.69) is 6.58 Å². The zero-order valence-electron chi connectivity index (χ0n) is 23.5. The maximum absolute atomic E-state index is 13.0. The molecular weight excluding hydrogens is 548 g/mol. The molecule has 14 atom stereocenters. The van der Waals surface area contributed by atoms with Gasteiger partial charge in [-0.05, 0) is 18.9 Å². The average Bonchev–Trinajstić information content (AvgIpc) is 3.79. The molecule has 1 N–H and O–H groups in total. The van der Waals surface area contributed by atoms with Crippen LogP contribution in [-0.4, -0.2) is 88.8 Å². The predicted molar refractivity (Wildman–Crippen MR) is 137 cm³/mol. The van der Waals surface area contributed by atoms with E-state index in [4.69, 9.17) is 40.0 Å². The summed E-state index contributed by atoms with van der Waals surface area (Å²) in [4.78, 5) is 50.7. The first-order valence-electron chi connectivity index (χ1n) is 13.8. The van der Waals surface area contributed by atoms with Gasteiger partial charge in [0.2, 0.25) is 0 Å². The van der Waals surface area contributed by atoms with Gasteiger partial charge in [0, 0.05) is 37.5 Å². The van der Waals surface area contributed by atoms with Crippen LogP contribution in [0.4, 0.5) is 0 Å². The maximum Gasteiger partial charge on any atom is 0.312 e. The zero-order chi connectivity index (χ0) is 29.5. The molecule has 0 aromatic rings. The van der Waals surface area contributed by atoms with Crippen molar-refractivity contribution < 1.29 is 52.7 Å². The number of alkyl halides is 1. The van der Waals surface area contributed by atoms with Gasteiger partial charge < -0.3 is 33.5 Å². The molecule has 12 heteroatoms. The number of halogens is 1. The van der Waals surface area contributed by atoms with Crippen LogP contribution in [0.3, 0.4) is 0 Å². The number of aliphatic hydroxyl groups is 1. The minimum absolute atomic E-state index is 0.199. The first kappa shape index (κ1) is 29.3. The summed E-state index contributed by atoms with van der Waals surface area (Å²) in [6.45, 7) is 13.5. The first-order chi connectivity index (χ1) is 18.7. The predicted octanol–water partition coefficient (Wildman–Crippen LogP) is 1.84. The van der Waals surface area contributed by atoms with E-state index >= 15 is 0 Å². The summed E-state index contributed by atoms with van der Waals surface area (Å²) in [5.41, 5.74) is -2.92. The van der Waals surface area contributed by atoms with E-state index in [-0.39, 0.29) is 6.42 Å². The largest absolute Gasteiger partial charge is 0.459 e. The number of carbonyl (C=O) groups is 4. The Kier molecular flexibility index (Phi) is 7.29. The average molecular weight is 585 g/mol. The summed E-state index contributed by atoms with van der Waals surface area (Å²) in [5.74, 6) is -5.05. The Labute approximate surface area is 237 Å². The van der Waals surface area contributed by atoms with E-state index < -0.39 is 107 Å². The van der Waals surface area contributed by atoms with Crippen LogP contribution in [0.5, 0.6) is 0 Å². The third kappa shape index (κ3) is 4.26. The second-order valence-electron chi connectivity index (χ2n) is 12.0. The molecule has 3 aliphatic heterocycles. The maximum atomic E-state index is 13.0. The molecule has 0 radical (unpaired) electrons. The molecule has 0 unspecified atom stereocenters. The number of esters is 4. The van der Waals surface area contributed by atoms with Crippen molar-refractivity contribution in [3.8, 4) is 0 Å². The number of hydrogen-bond donors (Lipinski definition) is 1. The van der Waals surface area contributed by atoms with Gasteiger partial charge in [-0.15, -0.1) is 11.6 Å². The van der Waals surface area contributed by atoms with Crippen LogP contribution in [0, 0.1) is 23.2 Å². The van der Waals surface area contributed by atoms with Crippen LogP contribution in [0.15, 0.2) is 12.2 Å². The van der Waals surface area contributed by atoms with Crippen LogP contribution in [0.25, 0.3) is 0 Å². The Morgan fingerprint density at radius 2 is 1.65 bits per heavy atom. The highest BCUT2D eigenvalue weighted by Crippen LogP contribution is 2.64.